The summed E-state index contributed by atoms with van der Waals surface area (Å²) in [4.78, 5) is 59.1. The number of pyridine rings is 1. The zero-order valence-corrected chi connectivity index (χ0v) is 22.8. The number of carbonyl (C=O) groups excluding carboxylic acids is 3. The van der Waals surface area contributed by atoms with Crippen LogP contribution in [-0.2, 0) is 33.8 Å². The monoisotopic (exact) mass is 548 g/mol. The van der Waals surface area contributed by atoms with Crippen LogP contribution in [0.4, 0.5) is 21.1 Å². The molecule has 1 aromatic carbocycles. The summed E-state index contributed by atoms with van der Waals surface area (Å²) in [7, 11) is 0. The molecule has 3 aromatic rings. The summed E-state index contributed by atoms with van der Waals surface area (Å²) >= 11 is 0. The Kier molecular flexibility index (Phi) is 8.46. The SMILES string of the molecule is Cc1nc(NC(=O)OC(C)(C)C)ccc1CNC(=O)[C@@H]1CCc2ncc(NC(=O)OCc3ccccc3)c(=O)n21. The van der Waals surface area contributed by atoms with E-state index in [-0.39, 0.29) is 24.7 Å². The van der Waals surface area contributed by atoms with Crippen molar-refractivity contribution in [3.63, 3.8) is 0 Å². The number of rotatable bonds is 7. The number of hydrogen-bond acceptors (Lipinski definition) is 8. The van der Waals surface area contributed by atoms with Gasteiger partial charge in [-0.25, -0.2) is 19.6 Å². The van der Waals surface area contributed by atoms with Crippen molar-refractivity contribution < 1.29 is 23.9 Å². The van der Waals surface area contributed by atoms with Crippen LogP contribution < -0.4 is 21.5 Å². The van der Waals surface area contributed by atoms with E-state index in [2.05, 4.69) is 25.9 Å². The minimum atomic E-state index is -0.796. The van der Waals surface area contributed by atoms with Crippen LogP contribution in [0.2, 0.25) is 0 Å². The highest BCUT2D eigenvalue weighted by Gasteiger charge is 2.31. The average Bonchev–Trinajstić information content (AvgIpc) is 3.33. The summed E-state index contributed by atoms with van der Waals surface area (Å²) in [6.45, 7) is 7.27. The van der Waals surface area contributed by atoms with E-state index in [0.29, 0.717) is 30.2 Å². The van der Waals surface area contributed by atoms with Crippen LogP contribution in [0.5, 0.6) is 0 Å². The summed E-state index contributed by atoms with van der Waals surface area (Å²) in [6.07, 6.45) is 0.705. The summed E-state index contributed by atoms with van der Waals surface area (Å²) in [5.41, 5.74) is 0.910. The van der Waals surface area contributed by atoms with Crippen LogP contribution in [0.15, 0.2) is 53.5 Å². The number of hydrogen-bond donors (Lipinski definition) is 3. The molecule has 3 amide bonds. The summed E-state index contributed by atoms with van der Waals surface area (Å²) in [6, 6.07) is 11.7. The molecule has 0 spiro atoms. The van der Waals surface area contributed by atoms with Gasteiger partial charge >= 0.3 is 12.2 Å². The number of anilines is 2. The van der Waals surface area contributed by atoms with Gasteiger partial charge in [0.25, 0.3) is 5.56 Å². The van der Waals surface area contributed by atoms with Crippen molar-refractivity contribution in [1.82, 2.24) is 19.9 Å². The quantitative estimate of drug-likeness (QED) is 0.402. The summed E-state index contributed by atoms with van der Waals surface area (Å²) in [5.74, 6) is 0.428. The number of fused-ring (bicyclic) bond motifs is 1. The van der Waals surface area contributed by atoms with Crippen molar-refractivity contribution in [1.29, 1.82) is 0 Å². The average molecular weight is 549 g/mol. The van der Waals surface area contributed by atoms with Gasteiger partial charge in [0.05, 0.1) is 6.20 Å². The normalized spacial score (nSPS) is 14.2. The first-order valence-electron chi connectivity index (χ1n) is 12.8. The summed E-state index contributed by atoms with van der Waals surface area (Å²) in [5, 5.41) is 7.86. The van der Waals surface area contributed by atoms with Crippen LogP contribution >= 0.6 is 0 Å². The second-order valence-electron chi connectivity index (χ2n) is 10.3. The molecule has 0 bridgehead atoms. The lowest BCUT2D eigenvalue weighted by Gasteiger charge is -2.19. The maximum Gasteiger partial charge on any atom is 0.413 e. The third-order valence-corrected chi connectivity index (χ3v) is 6.05. The molecular formula is C28H32N6O6. The molecule has 0 saturated heterocycles. The lowest BCUT2D eigenvalue weighted by atomic mass is 10.1. The number of amides is 3. The van der Waals surface area contributed by atoms with Crippen molar-refractivity contribution in [3.05, 3.63) is 81.7 Å². The number of aromatic nitrogens is 3. The first-order chi connectivity index (χ1) is 19.0. The van der Waals surface area contributed by atoms with Gasteiger partial charge in [-0.05, 0) is 51.3 Å². The van der Waals surface area contributed by atoms with Crippen molar-refractivity contribution in [2.45, 2.75) is 65.3 Å². The van der Waals surface area contributed by atoms with Gasteiger partial charge in [0.2, 0.25) is 5.91 Å². The van der Waals surface area contributed by atoms with E-state index in [1.807, 2.05) is 30.3 Å². The van der Waals surface area contributed by atoms with Crippen molar-refractivity contribution >= 4 is 29.6 Å². The van der Waals surface area contributed by atoms with E-state index in [4.69, 9.17) is 9.47 Å². The Labute approximate surface area is 231 Å². The zero-order chi connectivity index (χ0) is 28.9. The molecule has 0 aliphatic carbocycles. The van der Waals surface area contributed by atoms with E-state index in [1.54, 1.807) is 39.8 Å². The van der Waals surface area contributed by atoms with Gasteiger partial charge in [0.1, 0.15) is 35.6 Å². The van der Waals surface area contributed by atoms with Crippen LogP contribution in [-0.4, -0.2) is 38.2 Å². The molecule has 12 heteroatoms. The molecule has 4 rings (SSSR count). The Bertz CT molecular complexity index is 1460. The molecule has 3 heterocycles. The van der Waals surface area contributed by atoms with Crippen LogP contribution in [0.25, 0.3) is 0 Å². The predicted molar refractivity (Wildman–Crippen MR) is 147 cm³/mol. The molecule has 210 valence electrons. The molecule has 0 fully saturated rings. The third kappa shape index (κ3) is 7.22. The highest BCUT2D eigenvalue weighted by molar-refractivity contribution is 5.85. The van der Waals surface area contributed by atoms with E-state index in [0.717, 1.165) is 11.1 Å². The molecule has 1 atom stereocenters. The van der Waals surface area contributed by atoms with Gasteiger partial charge in [-0.1, -0.05) is 36.4 Å². The number of carbonyl (C=O) groups is 3. The molecule has 40 heavy (non-hydrogen) atoms. The number of benzene rings is 1. The van der Waals surface area contributed by atoms with Gasteiger partial charge in [0, 0.05) is 18.7 Å². The smallest absolute Gasteiger partial charge is 0.413 e. The minimum Gasteiger partial charge on any atom is -0.444 e. The molecule has 12 nitrogen and oxygen atoms in total. The second kappa shape index (κ2) is 12.0. The molecule has 1 aliphatic heterocycles. The van der Waals surface area contributed by atoms with Crippen molar-refractivity contribution in [3.8, 4) is 0 Å². The van der Waals surface area contributed by atoms with Crippen LogP contribution in [0, 0.1) is 6.92 Å². The number of aryl methyl sites for hydroxylation is 2. The van der Waals surface area contributed by atoms with Gasteiger partial charge in [-0.2, -0.15) is 0 Å². The van der Waals surface area contributed by atoms with Gasteiger partial charge in [0.15, 0.2) is 0 Å². The molecule has 0 unspecified atom stereocenters. The molecule has 1 aliphatic rings. The highest BCUT2D eigenvalue weighted by Crippen LogP contribution is 2.23. The maximum atomic E-state index is 13.1. The number of nitrogens with zero attached hydrogens (tertiary/aromatic N) is 3. The molecule has 0 saturated carbocycles. The van der Waals surface area contributed by atoms with Crippen molar-refractivity contribution in [2.75, 3.05) is 10.6 Å². The van der Waals surface area contributed by atoms with Crippen molar-refractivity contribution in [2.24, 2.45) is 0 Å². The Morgan fingerprint density at radius 2 is 1.80 bits per heavy atom. The van der Waals surface area contributed by atoms with E-state index in [1.165, 1.54) is 10.8 Å². The standard InChI is InChI=1S/C28H32N6O6/c1-17-19(10-12-22(31-17)33-27(38)40-28(2,3)4)14-30-24(35)21-11-13-23-29-15-20(25(36)34(21)23)32-26(37)39-16-18-8-6-5-7-9-18/h5-10,12,15,21H,11,13-14,16H2,1-4H3,(H,30,35)(H,32,37)(H,31,33,38)/t21-/m0/s1. The topological polar surface area (TPSA) is 154 Å². The number of ether oxygens (including phenoxy) is 2. The van der Waals surface area contributed by atoms with E-state index in [9.17, 15) is 19.2 Å². The molecule has 3 N–H and O–H groups in total. The predicted octanol–water partition coefficient (Wildman–Crippen LogP) is 3.85. The fraction of sp³-hybridized carbons (Fsp3) is 0.357. The van der Waals surface area contributed by atoms with Gasteiger partial charge in [-0.3, -0.25) is 24.8 Å². The number of nitrogens with one attached hydrogen (secondary N) is 3. The van der Waals surface area contributed by atoms with Crippen LogP contribution in [0.1, 0.15) is 55.9 Å². The van der Waals surface area contributed by atoms with Gasteiger partial charge < -0.3 is 14.8 Å². The molecular weight excluding hydrogens is 516 g/mol. The Morgan fingerprint density at radius 1 is 1.05 bits per heavy atom. The zero-order valence-electron chi connectivity index (χ0n) is 22.8. The molecule has 0 radical (unpaired) electrons. The fourth-order valence-electron chi connectivity index (χ4n) is 4.16. The third-order valence-electron chi connectivity index (χ3n) is 6.05. The highest BCUT2D eigenvalue weighted by atomic mass is 16.6. The Balaban J connectivity index is 1.36. The second-order valence-corrected chi connectivity index (χ2v) is 10.3. The first kappa shape index (κ1) is 28.3. The maximum absolute atomic E-state index is 13.1. The first-order valence-corrected chi connectivity index (χ1v) is 12.8. The Hall–Kier alpha value is -4.74. The largest absolute Gasteiger partial charge is 0.444 e. The molecule has 2 aromatic heterocycles. The van der Waals surface area contributed by atoms with Crippen LogP contribution in [0.3, 0.4) is 0 Å². The minimum absolute atomic E-state index is 0.0454. The summed E-state index contributed by atoms with van der Waals surface area (Å²) < 4.78 is 11.7. The van der Waals surface area contributed by atoms with E-state index >= 15 is 0 Å². The lowest BCUT2D eigenvalue weighted by molar-refractivity contribution is -0.124. The van der Waals surface area contributed by atoms with E-state index < -0.39 is 29.4 Å². The Morgan fingerprint density at radius 3 is 2.50 bits per heavy atom. The fourth-order valence-corrected chi connectivity index (χ4v) is 4.16. The van der Waals surface area contributed by atoms with Gasteiger partial charge in [-0.15, -0.1) is 0 Å². The lowest BCUT2D eigenvalue weighted by Crippen LogP contribution is -2.37.